The normalized spacial score (nSPS) is 14.7. The molecular formula is C26H37BF5FeN. The van der Waals surface area contributed by atoms with E-state index in [1.54, 1.807) is 0 Å². The van der Waals surface area contributed by atoms with E-state index in [-0.39, 0.29) is 31.9 Å². The van der Waals surface area contributed by atoms with Crippen LogP contribution >= 0.6 is 0 Å². The minimum atomic E-state index is -2.09. The van der Waals surface area contributed by atoms with Crippen molar-refractivity contribution in [2.45, 2.75) is 57.8 Å². The van der Waals surface area contributed by atoms with Gasteiger partial charge in [0.05, 0.1) is 0 Å². The summed E-state index contributed by atoms with van der Waals surface area (Å²) in [7, 11) is 0.992. The van der Waals surface area contributed by atoms with Gasteiger partial charge in [0.25, 0.3) is 0 Å². The summed E-state index contributed by atoms with van der Waals surface area (Å²) in [6, 6.07) is 4.32. The fourth-order valence-electron chi connectivity index (χ4n) is 3.40. The van der Waals surface area contributed by atoms with Gasteiger partial charge in [0.15, 0.2) is 29.8 Å². The fourth-order valence-corrected chi connectivity index (χ4v) is 3.40. The van der Waals surface area contributed by atoms with Crippen LogP contribution in [0.1, 0.15) is 63.4 Å². The molecule has 1 aromatic heterocycles. The molecule has 0 N–H and O–H groups in total. The Morgan fingerprint density at radius 2 is 1.12 bits per heavy atom. The number of hydrogen-bond acceptors (Lipinski definition) is 0. The number of nitrogens with zero attached hydrogens (tertiary/aromatic N) is 1. The first-order chi connectivity index (χ1) is 14.8. The van der Waals surface area contributed by atoms with Crippen molar-refractivity contribution in [3.05, 3.63) is 80.1 Å². The molecule has 192 valence electrons. The number of hydrogen-bond donors (Lipinski definition) is 0. The van der Waals surface area contributed by atoms with Crippen LogP contribution in [0.25, 0.3) is 6.08 Å². The van der Waals surface area contributed by atoms with Crippen molar-refractivity contribution in [2.75, 3.05) is 0 Å². The van der Waals surface area contributed by atoms with Gasteiger partial charge in [-0.3, -0.25) is 0 Å². The molecule has 2 aliphatic carbocycles. The quantitative estimate of drug-likeness (QED) is 0.114. The Kier molecular flexibility index (Phi) is 18.0. The number of aryl methyl sites for hydroxylation is 1. The van der Waals surface area contributed by atoms with E-state index in [2.05, 4.69) is 41.2 Å². The van der Waals surface area contributed by atoms with Gasteiger partial charge in [-0.15, -0.1) is 5.46 Å². The van der Waals surface area contributed by atoms with Gasteiger partial charge in [-0.1, -0.05) is 57.1 Å². The van der Waals surface area contributed by atoms with E-state index in [4.69, 9.17) is 0 Å². The Morgan fingerprint density at radius 1 is 0.735 bits per heavy atom. The molecule has 1 aromatic carbocycles. The summed E-state index contributed by atoms with van der Waals surface area (Å²) < 4.78 is 63.9. The average Bonchev–Trinajstić information content (AvgIpc) is 3.52. The van der Waals surface area contributed by atoms with E-state index in [1.165, 1.54) is 63.4 Å². The molecule has 0 aliphatic heterocycles. The molecule has 34 heavy (non-hydrogen) atoms. The van der Waals surface area contributed by atoms with Crippen molar-refractivity contribution in [2.24, 2.45) is 13.0 Å². The van der Waals surface area contributed by atoms with Crippen LogP contribution in [0.4, 0.5) is 22.0 Å². The van der Waals surface area contributed by atoms with Crippen LogP contribution in [0.5, 0.6) is 0 Å². The van der Waals surface area contributed by atoms with E-state index in [9.17, 15) is 22.0 Å². The third-order valence-corrected chi connectivity index (χ3v) is 5.21. The Labute approximate surface area is 213 Å². The van der Waals surface area contributed by atoms with Gasteiger partial charge in [-0.25, -0.2) is 26.5 Å². The first kappa shape index (κ1) is 34.5. The van der Waals surface area contributed by atoms with Gasteiger partial charge in [-0.05, 0) is 32.2 Å². The molecule has 1 nitrogen and oxygen atoms in total. The molecule has 8 heteroatoms. The maximum Gasteiger partial charge on any atom is 2.00 e. The zero-order valence-corrected chi connectivity index (χ0v) is 20.7. The number of benzene rings is 1. The second-order valence-corrected chi connectivity index (χ2v) is 7.66. The van der Waals surface area contributed by atoms with E-state index in [1.807, 2.05) is 7.05 Å². The topological polar surface area (TPSA) is 3.88 Å². The van der Waals surface area contributed by atoms with E-state index >= 15 is 0 Å². The Morgan fingerprint density at radius 3 is 1.53 bits per heavy atom. The summed E-state index contributed by atoms with van der Waals surface area (Å²) in [5.41, 5.74) is 0.696. The van der Waals surface area contributed by atoms with Crippen LogP contribution in [0.2, 0.25) is 0 Å². The average molecular weight is 525 g/mol. The maximum absolute atomic E-state index is 12.5. The maximum atomic E-state index is 12.5. The van der Waals surface area contributed by atoms with E-state index in [0.717, 1.165) is 5.92 Å². The van der Waals surface area contributed by atoms with E-state index < -0.39 is 42.4 Å². The minimum absolute atomic E-state index is 0. The smallest absolute Gasteiger partial charge is 0.358 e. The van der Waals surface area contributed by atoms with Crippen molar-refractivity contribution in [1.82, 2.24) is 0 Å². The van der Waals surface area contributed by atoms with Crippen LogP contribution in [0.3, 0.4) is 0 Å². The summed E-state index contributed by atoms with van der Waals surface area (Å²) in [4.78, 5) is 0. The molecule has 1 heterocycles. The number of halogens is 5. The van der Waals surface area contributed by atoms with Crippen LogP contribution < -0.4 is 10.0 Å². The van der Waals surface area contributed by atoms with Gasteiger partial charge >= 0.3 is 17.1 Å². The largest absolute Gasteiger partial charge is 2.00 e. The van der Waals surface area contributed by atoms with Gasteiger partial charge in [-0.2, -0.15) is 0 Å². The summed E-state index contributed by atoms with van der Waals surface area (Å²) in [6.45, 7) is 0. The van der Waals surface area contributed by atoms with Gasteiger partial charge in [0.2, 0.25) is 0 Å². The Bertz CT molecular complexity index is 752. The molecule has 2 fully saturated rings. The van der Waals surface area contributed by atoms with Crippen molar-refractivity contribution in [3.63, 3.8) is 0 Å². The second kappa shape index (κ2) is 17.7. The minimum Gasteiger partial charge on any atom is -0.358 e. The van der Waals surface area contributed by atoms with Crippen LogP contribution in [-0.4, -0.2) is 7.85 Å². The third-order valence-electron chi connectivity index (χ3n) is 5.21. The summed E-state index contributed by atoms with van der Waals surface area (Å²) in [5, 5.41) is 0. The van der Waals surface area contributed by atoms with Crippen molar-refractivity contribution in [3.8, 4) is 0 Å². The van der Waals surface area contributed by atoms with Gasteiger partial charge in [0.1, 0.15) is 18.7 Å². The molecule has 2 aliphatic rings. The molecule has 2 saturated carbocycles. The predicted molar refractivity (Wildman–Crippen MR) is 130 cm³/mol. The Hall–Kier alpha value is -1.66. The SMILES string of the molecule is C1CCCC1.C[n+]1ccc(/C=C/C2CCCC2)cc1.[BH3-]c1c(F)c(F)c(F)c(F)c1F.[CH3-].[CH3-].[Fe+2]. The second-order valence-electron chi connectivity index (χ2n) is 7.66. The summed E-state index contributed by atoms with van der Waals surface area (Å²) >= 11 is 0. The van der Waals surface area contributed by atoms with Gasteiger partial charge < -0.3 is 14.9 Å². The van der Waals surface area contributed by atoms with Crippen molar-refractivity contribution in [1.29, 1.82) is 0 Å². The number of allylic oxidation sites excluding steroid dienone is 1. The molecule has 0 spiro atoms. The van der Waals surface area contributed by atoms with Crippen molar-refractivity contribution >= 4 is 19.4 Å². The van der Waals surface area contributed by atoms with E-state index in [0.29, 0.717) is 0 Å². The number of aromatic nitrogens is 1. The first-order valence-electron chi connectivity index (χ1n) is 10.4. The molecule has 0 atom stereocenters. The van der Waals surface area contributed by atoms with Gasteiger partial charge in [0, 0.05) is 12.1 Å². The monoisotopic (exact) mass is 525 g/mol. The fraction of sp³-hybridized carbons (Fsp3) is 0.423. The number of pyridine rings is 1. The molecule has 0 unspecified atom stereocenters. The number of rotatable bonds is 2. The zero-order chi connectivity index (χ0) is 22.8. The first-order valence-corrected chi connectivity index (χ1v) is 10.4. The molecule has 0 radical (unpaired) electrons. The summed E-state index contributed by atoms with van der Waals surface area (Å²) in [5.74, 6) is -8.30. The van der Waals surface area contributed by atoms with Crippen LogP contribution in [-0.2, 0) is 24.1 Å². The standard InChI is InChI=1S/C13H18N.C6H3BF5.C5H10.2CH3.Fe/c1-14-10-8-13(9-11-14)7-6-12-4-2-3-5-12;7-1-2(8)4(10)6(12)5(11)3(1)9;1-2-4-5-3-1;;;/h6-12H,2-5H2,1H3;7H3;1-5H2;2*1H3;/q+1;-1;;2*-1;+2/b7-6+;;;;;. The summed E-state index contributed by atoms with van der Waals surface area (Å²) in [6.07, 6.45) is 21.9. The molecule has 0 saturated heterocycles. The third kappa shape index (κ3) is 10.7. The molecule has 0 amide bonds. The zero-order valence-electron chi connectivity index (χ0n) is 19.6. The molecule has 2 aromatic rings. The van der Waals surface area contributed by atoms with Crippen LogP contribution in [0, 0.1) is 49.9 Å². The predicted octanol–water partition coefficient (Wildman–Crippen LogP) is 5.94. The molecular weight excluding hydrogens is 488 g/mol. The molecule has 4 rings (SSSR count). The Balaban J connectivity index is 0. The molecule has 0 bridgehead atoms. The van der Waals surface area contributed by atoms with Crippen LogP contribution in [0.15, 0.2) is 30.6 Å². The van der Waals surface area contributed by atoms with Crippen molar-refractivity contribution < 1.29 is 43.6 Å².